The molecule has 0 radical (unpaired) electrons. The van der Waals surface area contributed by atoms with Gasteiger partial charge in [-0.1, -0.05) is 96.0 Å². The summed E-state index contributed by atoms with van der Waals surface area (Å²) in [6.07, 6.45) is 6.19. The van der Waals surface area contributed by atoms with Crippen molar-refractivity contribution in [1.29, 1.82) is 0 Å². The van der Waals surface area contributed by atoms with Crippen LogP contribution in [0.1, 0.15) is 82.6 Å². The zero-order valence-electron chi connectivity index (χ0n) is 18.6. The van der Waals surface area contributed by atoms with Crippen LogP contribution >= 0.6 is 0 Å². The first-order chi connectivity index (χ1) is 13.4. The summed E-state index contributed by atoms with van der Waals surface area (Å²) < 4.78 is 6.04. The number of hydrogen-bond acceptors (Lipinski definition) is 1. The Hall–Kier alpha value is -1.60. The summed E-state index contributed by atoms with van der Waals surface area (Å²) in [5, 5.41) is 0. The molecule has 28 heavy (non-hydrogen) atoms. The summed E-state index contributed by atoms with van der Waals surface area (Å²) in [7, 11) is 0. The fourth-order valence-corrected chi connectivity index (χ4v) is 4.60. The molecule has 1 aliphatic rings. The van der Waals surface area contributed by atoms with Crippen molar-refractivity contribution in [2.75, 3.05) is 6.61 Å². The van der Waals surface area contributed by atoms with E-state index in [1.54, 1.807) is 5.56 Å². The highest BCUT2D eigenvalue weighted by atomic mass is 16.5. The Bertz CT molecular complexity index is 761. The van der Waals surface area contributed by atoms with Crippen LogP contribution in [0.15, 0.2) is 48.5 Å². The van der Waals surface area contributed by atoms with Gasteiger partial charge in [-0.15, -0.1) is 0 Å². The Kier molecular flexibility index (Phi) is 6.65. The second-order valence-corrected chi connectivity index (χ2v) is 9.53. The first kappa shape index (κ1) is 21.1. The minimum Gasteiger partial charge on any atom is -0.376 e. The van der Waals surface area contributed by atoms with Crippen molar-refractivity contribution in [3.63, 3.8) is 0 Å². The van der Waals surface area contributed by atoms with Crippen molar-refractivity contribution in [1.82, 2.24) is 0 Å². The van der Waals surface area contributed by atoms with Gasteiger partial charge in [0.1, 0.15) is 0 Å². The van der Waals surface area contributed by atoms with Crippen molar-refractivity contribution in [2.45, 2.75) is 84.2 Å². The lowest BCUT2D eigenvalue weighted by atomic mass is 9.76. The molecule has 1 aliphatic carbocycles. The number of unbranched alkanes of at least 4 members (excludes halogenated alkanes) is 1. The molecule has 0 aromatic heterocycles. The molecule has 3 rings (SSSR count). The number of rotatable bonds is 10. The van der Waals surface area contributed by atoms with E-state index in [1.165, 1.54) is 42.4 Å². The number of ether oxygens (including phenoxy) is 1. The van der Waals surface area contributed by atoms with Crippen LogP contribution in [0.2, 0.25) is 0 Å². The van der Waals surface area contributed by atoms with Crippen molar-refractivity contribution in [3.05, 3.63) is 70.8 Å². The van der Waals surface area contributed by atoms with Gasteiger partial charge >= 0.3 is 0 Å². The van der Waals surface area contributed by atoms with Gasteiger partial charge in [-0.05, 0) is 58.3 Å². The number of aryl methyl sites for hydroxylation is 1. The third kappa shape index (κ3) is 4.69. The van der Waals surface area contributed by atoms with Gasteiger partial charge < -0.3 is 4.74 Å². The van der Waals surface area contributed by atoms with Gasteiger partial charge in [0.05, 0.1) is 13.2 Å². The van der Waals surface area contributed by atoms with Gasteiger partial charge in [-0.2, -0.15) is 0 Å². The fraction of sp³-hybridized carbons (Fsp3) is 0.556. The smallest absolute Gasteiger partial charge is 0.0717 e. The second kappa shape index (κ2) is 8.82. The highest BCUT2D eigenvalue weighted by Gasteiger charge is 2.51. The van der Waals surface area contributed by atoms with Gasteiger partial charge in [0.25, 0.3) is 0 Å². The Morgan fingerprint density at radius 3 is 2.50 bits per heavy atom. The Balaban J connectivity index is 1.65. The van der Waals surface area contributed by atoms with E-state index >= 15 is 0 Å². The summed E-state index contributed by atoms with van der Waals surface area (Å²) in [6.45, 7) is 13.4. The van der Waals surface area contributed by atoms with Crippen LogP contribution in [0, 0.1) is 5.92 Å². The van der Waals surface area contributed by atoms with E-state index in [0.29, 0.717) is 5.92 Å². The standard InChI is InChI=1S/C27H38O/c1-6-8-16-26(3,4)25-15-14-23(17-22(25)7-2)27(5)18-24(27)20-28-19-21-12-10-9-11-13-21/h9-15,17,24H,6-8,16,18-20H2,1-5H3. The van der Waals surface area contributed by atoms with E-state index in [4.69, 9.17) is 4.74 Å². The van der Waals surface area contributed by atoms with Gasteiger partial charge in [-0.3, -0.25) is 0 Å². The van der Waals surface area contributed by atoms with E-state index in [0.717, 1.165) is 19.6 Å². The van der Waals surface area contributed by atoms with Crippen LogP contribution in [0.5, 0.6) is 0 Å². The van der Waals surface area contributed by atoms with Crippen molar-refractivity contribution < 1.29 is 4.74 Å². The van der Waals surface area contributed by atoms with E-state index in [-0.39, 0.29) is 10.8 Å². The monoisotopic (exact) mass is 378 g/mol. The van der Waals surface area contributed by atoms with E-state index < -0.39 is 0 Å². The number of hydrogen-bond donors (Lipinski definition) is 0. The molecular formula is C27H38O. The summed E-state index contributed by atoms with van der Waals surface area (Å²) >= 11 is 0. The molecule has 2 aromatic carbocycles. The Labute approximate surface area is 172 Å². The van der Waals surface area contributed by atoms with Gasteiger partial charge in [-0.25, -0.2) is 0 Å². The molecule has 2 aromatic rings. The molecule has 0 heterocycles. The summed E-state index contributed by atoms with van der Waals surface area (Å²) in [5.74, 6) is 0.639. The normalized spacial score (nSPS) is 21.7. The molecule has 1 heteroatoms. The highest BCUT2D eigenvalue weighted by molar-refractivity contribution is 5.42. The minimum absolute atomic E-state index is 0.266. The molecule has 0 spiro atoms. The lowest BCUT2D eigenvalue weighted by Crippen LogP contribution is -2.20. The molecule has 1 nitrogen and oxygen atoms in total. The molecule has 152 valence electrons. The quantitative estimate of drug-likeness (QED) is 0.424. The second-order valence-electron chi connectivity index (χ2n) is 9.53. The molecule has 2 unspecified atom stereocenters. The maximum absolute atomic E-state index is 6.04. The lowest BCUT2D eigenvalue weighted by Gasteiger charge is -2.29. The van der Waals surface area contributed by atoms with Crippen LogP contribution in [0.4, 0.5) is 0 Å². The van der Waals surface area contributed by atoms with Crippen LogP contribution in [-0.2, 0) is 28.6 Å². The Morgan fingerprint density at radius 2 is 1.82 bits per heavy atom. The third-order valence-electron chi connectivity index (χ3n) is 6.87. The number of benzene rings is 2. The van der Waals surface area contributed by atoms with Gasteiger partial charge in [0, 0.05) is 0 Å². The molecule has 1 fully saturated rings. The molecular weight excluding hydrogens is 340 g/mol. The van der Waals surface area contributed by atoms with Gasteiger partial charge in [0.15, 0.2) is 0 Å². The first-order valence-electron chi connectivity index (χ1n) is 11.2. The predicted molar refractivity (Wildman–Crippen MR) is 120 cm³/mol. The molecule has 0 bridgehead atoms. The SMILES string of the molecule is CCCCC(C)(C)c1ccc(C2(C)CC2COCc2ccccc2)cc1CC. The van der Waals surface area contributed by atoms with Crippen LogP contribution < -0.4 is 0 Å². The van der Waals surface area contributed by atoms with E-state index in [2.05, 4.69) is 83.1 Å². The highest BCUT2D eigenvalue weighted by Crippen LogP contribution is 2.54. The molecule has 1 saturated carbocycles. The van der Waals surface area contributed by atoms with Crippen LogP contribution in [0.3, 0.4) is 0 Å². The zero-order valence-corrected chi connectivity index (χ0v) is 18.6. The minimum atomic E-state index is 0.266. The molecule has 0 aliphatic heterocycles. The average molecular weight is 379 g/mol. The maximum atomic E-state index is 6.04. The Morgan fingerprint density at radius 1 is 1.07 bits per heavy atom. The topological polar surface area (TPSA) is 9.23 Å². The largest absolute Gasteiger partial charge is 0.376 e. The van der Waals surface area contributed by atoms with Crippen LogP contribution in [-0.4, -0.2) is 6.61 Å². The van der Waals surface area contributed by atoms with Crippen molar-refractivity contribution in [2.24, 2.45) is 5.92 Å². The maximum Gasteiger partial charge on any atom is 0.0717 e. The molecule has 0 saturated heterocycles. The predicted octanol–water partition coefficient (Wildman–Crippen LogP) is 7.21. The van der Waals surface area contributed by atoms with Gasteiger partial charge in [0.2, 0.25) is 0 Å². The fourth-order valence-electron chi connectivity index (χ4n) is 4.60. The zero-order chi connectivity index (χ0) is 20.2. The summed E-state index contributed by atoms with van der Waals surface area (Å²) in [4.78, 5) is 0. The third-order valence-corrected chi connectivity index (χ3v) is 6.87. The first-order valence-corrected chi connectivity index (χ1v) is 11.2. The van der Waals surface area contributed by atoms with E-state index in [1.807, 2.05) is 0 Å². The summed E-state index contributed by atoms with van der Waals surface area (Å²) in [6, 6.07) is 17.8. The van der Waals surface area contributed by atoms with E-state index in [9.17, 15) is 0 Å². The lowest BCUT2D eigenvalue weighted by molar-refractivity contribution is 0.106. The molecule has 0 amide bonds. The molecule has 2 atom stereocenters. The van der Waals surface area contributed by atoms with Crippen molar-refractivity contribution >= 4 is 0 Å². The summed E-state index contributed by atoms with van der Waals surface area (Å²) in [5.41, 5.74) is 6.41. The average Bonchev–Trinajstić information content (AvgIpc) is 3.38. The molecule has 0 N–H and O–H groups in total. The van der Waals surface area contributed by atoms with Crippen molar-refractivity contribution in [3.8, 4) is 0 Å². The van der Waals surface area contributed by atoms with Crippen LogP contribution in [0.25, 0.3) is 0 Å².